The molecule has 8 nitrogen and oxygen atoms in total. The van der Waals surface area contributed by atoms with Crippen LogP contribution in [0.25, 0.3) is 0 Å². The van der Waals surface area contributed by atoms with Crippen molar-refractivity contribution >= 4 is 11.8 Å². The average molecular weight is 543 g/mol. The molecule has 0 saturated heterocycles. The fourth-order valence-electron chi connectivity index (χ4n) is 4.30. The lowest BCUT2D eigenvalue weighted by atomic mass is 10.00. The quantitative estimate of drug-likeness (QED) is 0.284. The molecule has 0 spiro atoms. The summed E-state index contributed by atoms with van der Waals surface area (Å²) in [6.07, 6.45) is 3.20. The maximum Gasteiger partial charge on any atom is 0.255 e. The van der Waals surface area contributed by atoms with Crippen LogP contribution in [0.4, 0.5) is 8.78 Å². The van der Waals surface area contributed by atoms with Crippen LogP contribution in [0, 0.1) is 18.6 Å². The van der Waals surface area contributed by atoms with Gasteiger partial charge in [-0.2, -0.15) is 0 Å². The number of benzene rings is 1. The number of amides is 2. The summed E-state index contributed by atoms with van der Waals surface area (Å²) < 4.78 is 33.2. The maximum atomic E-state index is 13.8. The Morgan fingerprint density at radius 3 is 2.31 bits per heavy atom. The van der Waals surface area contributed by atoms with Crippen LogP contribution in [0.5, 0.6) is 0 Å². The van der Waals surface area contributed by atoms with Crippen LogP contribution in [0.1, 0.15) is 64.5 Å². The molecule has 0 aliphatic rings. The number of halogens is 2. The Morgan fingerprint density at radius 2 is 1.69 bits per heavy atom. The second-order valence-corrected chi connectivity index (χ2v) is 9.53. The van der Waals surface area contributed by atoms with Gasteiger partial charge in [0.15, 0.2) is 0 Å². The van der Waals surface area contributed by atoms with Crippen LogP contribution in [0.15, 0.2) is 53.2 Å². The lowest BCUT2D eigenvalue weighted by Gasteiger charge is -2.25. The van der Waals surface area contributed by atoms with Crippen molar-refractivity contribution in [3.8, 4) is 0 Å². The van der Waals surface area contributed by atoms with Crippen molar-refractivity contribution in [2.24, 2.45) is 0 Å². The number of furan rings is 1. The number of aryl methyl sites for hydroxylation is 1. The monoisotopic (exact) mass is 542 g/mol. The zero-order valence-electron chi connectivity index (χ0n) is 22.5. The van der Waals surface area contributed by atoms with E-state index in [9.17, 15) is 23.5 Å². The maximum absolute atomic E-state index is 13.8. The largest absolute Gasteiger partial charge is 0.465 e. The SMILES string of the molecule is CCCN(CCC)C(=O)c1cncc(C(=O)NC(Cc2cc(F)cc(F)c2)C(O)CNCc2ccc(C)o2)c1. The number of carbonyl (C=O) groups excluding carboxylic acids is 2. The molecule has 0 radical (unpaired) electrons. The fourth-order valence-corrected chi connectivity index (χ4v) is 4.30. The molecule has 0 aliphatic heterocycles. The highest BCUT2D eigenvalue weighted by Gasteiger charge is 2.24. The average Bonchev–Trinajstić information content (AvgIpc) is 3.31. The first-order chi connectivity index (χ1) is 18.7. The summed E-state index contributed by atoms with van der Waals surface area (Å²) in [7, 11) is 0. The van der Waals surface area contributed by atoms with Crippen molar-refractivity contribution in [2.75, 3.05) is 19.6 Å². The number of aliphatic hydroxyl groups excluding tert-OH is 1. The summed E-state index contributed by atoms with van der Waals surface area (Å²) in [5.74, 6) is -0.861. The predicted molar refractivity (Wildman–Crippen MR) is 143 cm³/mol. The molecule has 0 saturated carbocycles. The van der Waals surface area contributed by atoms with E-state index in [1.165, 1.54) is 18.5 Å². The Hall–Kier alpha value is -3.63. The van der Waals surface area contributed by atoms with Gasteiger partial charge in [0.05, 0.1) is 29.8 Å². The van der Waals surface area contributed by atoms with E-state index in [-0.39, 0.29) is 35.6 Å². The van der Waals surface area contributed by atoms with E-state index in [0.717, 1.165) is 36.8 Å². The molecule has 3 rings (SSSR count). The minimum atomic E-state index is -1.11. The highest BCUT2D eigenvalue weighted by atomic mass is 19.1. The molecular formula is C29H36F2N4O4. The normalized spacial score (nSPS) is 12.7. The van der Waals surface area contributed by atoms with Gasteiger partial charge in [-0.05, 0) is 62.1 Å². The molecule has 3 N–H and O–H groups in total. The van der Waals surface area contributed by atoms with Gasteiger partial charge in [-0.25, -0.2) is 8.78 Å². The van der Waals surface area contributed by atoms with Crippen LogP contribution in [0.3, 0.4) is 0 Å². The van der Waals surface area contributed by atoms with Gasteiger partial charge in [0, 0.05) is 38.1 Å². The van der Waals surface area contributed by atoms with Gasteiger partial charge in [0.1, 0.15) is 23.2 Å². The third-order valence-corrected chi connectivity index (χ3v) is 6.13. The lowest BCUT2D eigenvalue weighted by Crippen LogP contribution is -2.48. The Labute approximate surface area is 227 Å². The first kappa shape index (κ1) is 29.9. The van der Waals surface area contributed by atoms with Crippen LogP contribution in [-0.2, 0) is 13.0 Å². The number of nitrogens with zero attached hydrogens (tertiary/aromatic N) is 2. The van der Waals surface area contributed by atoms with Crippen LogP contribution in [0.2, 0.25) is 0 Å². The molecule has 0 aliphatic carbocycles. The highest BCUT2D eigenvalue weighted by molar-refractivity contribution is 5.99. The Morgan fingerprint density at radius 1 is 1.03 bits per heavy atom. The Balaban J connectivity index is 1.76. The zero-order chi connectivity index (χ0) is 28.4. The fraction of sp³-hybridized carbons (Fsp3) is 0.414. The molecule has 2 heterocycles. The van der Waals surface area contributed by atoms with Gasteiger partial charge in [0.25, 0.3) is 11.8 Å². The molecule has 2 unspecified atom stereocenters. The van der Waals surface area contributed by atoms with E-state index in [0.29, 0.717) is 25.4 Å². The summed E-state index contributed by atoms with van der Waals surface area (Å²) in [4.78, 5) is 32.0. The van der Waals surface area contributed by atoms with Gasteiger partial charge < -0.3 is 25.1 Å². The smallest absolute Gasteiger partial charge is 0.255 e. The van der Waals surface area contributed by atoms with Crippen molar-refractivity contribution in [2.45, 2.75) is 58.7 Å². The lowest BCUT2D eigenvalue weighted by molar-refractivity contribution is 0.0755. The second kappa shape index (κ2) is 14.5. The summed E-state index contributed by atoms with van der Waals surface area (Å²) in [5.41, 5.74) is 0.690. The number of carbonyl (C=O) groups is 2. The van der Waals surface area contributed by atoms with E-state index < -0.39 is 29.7 Å². The van der Waals surface area contributed by atoms with Gasteiger partial charge in [0.2, 0.25) is 0 Å². The van der Waals surface area contributed by atoms with E-state index in [4.69, 9.17) is 4.42 Å². The van der Waals surface area contributed by atoms with Gasteiger partial charge >= 0.3 is 0 Å². The van der Waals surface area contributed by atoms with Crippen molar-refractivity contribution in [1.82, 2.24) is 20.5 Å². The molecule has 0 bridgehead atoms. The molecule has 0 fully saturated rings. The van der Waals surface area contributed by atoms with Gasteiger partial charge in [-0.15, -0.1) is 0 Å². The molecule has 39 heavy (non-hydrogen) atoms. The summed E-state index contributed by atoms with van der Waals surface area (Å²) in [5, 5.41) is 16.8. The first-order valence-electron chi connectivity index (χ1n) is 13.1. The van der Waals surface area contributed by atoms with Gasteiger partial charge in [-0.3, -0.25) is 14.6 Å². The summed E-state index contributed by atoms with van der Waals surface area (Å²) >= 11 is 0. The topological polar surface area (TPSA) is 108 Å². The van der Waals surface area contributed by atoms with E-state index >= 15 is 0 Å². The molecule has 210 valence electrons. The van der Waals surface area contributed by atoms with Crippen molar-refractivity contribution < 1.29 is 27.9 Å². The molecule has 1 aromatic carbocycles. The molecular weight excluding hydrogens is 506 g/mol. The number of nitrogens with one attached hydrogen (secondary N) is 2. The first-order valence-corrected chi connectivity index (χ1v) is 13.1. The van der Waals surface area contributed by atoms with Crippen LogP contribution in [-0.4, -0.2) is 58.6 Å². The third-order valence-electron chi connectivity index (χ3n) is 6.13. The second-order valence-electron chi connectivity index (χ2n) is 9.53. The molecule has 2 aromatic heterocycles. The molecule has 3 aromatic rings. The predicted octanol–water partition coefficient (Wildman–Crippen LogP) is 4.02. The summed E-state index contributed by atoms with van der Waals surface area (Å²) in [6, 6.07) is 7.27. The van der Waals surface area contributed by atoms with Crippen LogP contribution < -0.4 is 10.6 Å². The minimum Gasteiger partial charge on any atom is -0.465 e. The van der Waals surface area contributed by atoms with E-state index in [2.05, 4.69) is 15.6 Å². The zero-order valence-corrected chi connectivity index (χ0v) is 22.5. The molecule has 2 atom stereocenters. The van der Waals surface area contributed by atoms with E-state index in [1.807, 2.05) is 32.9 Å². The third kappa shape index (κ3) is 8.97. The standard InChI is InChI=1S/C29H36F2N4O4/c1-4-8-35(9-5-2)29(38)22-13-21(15-32-16-22)28(37)34-26(12-20-10-23(30)14-24(31)11-20)27(36)18-33-17-25-7-6-19(3)39-25/h6-7,10-11,13-16,26-27,33,36H,4-5,8-9,12,17-18H2,1-3H3,(H,34,37). The van der Waals surface area contributed by atoms with Crippen molar-refractivity contribution in [3.05, 3.63) is 88.6 Å². The number of aliphatic hydroxyl groups is 1. The number of aromatic nitrogens is 1. The number of hydrogen-bond donors (Lipinski definition) is 3. The Bertz CT molecular complexity index is 1220. The molecule has 2 amide bonds. The highest BCUT2D eigenvalue weighted by Crippen LogP contribution is 2.14. The van der Waals surface area contributed by atoms with Crippen molar-refractivity contribution in [3.63, 3.8) is 0 Å². The number of rotatable bonds is 14. The number of hydrogen-bond acceptors (Lipinski definition) is 6. The van der Waals surface area contributed by atoms with E-state index in [1.54, 1.807) is 4.90 Å². The van der Waals surface area contributed by atoms with Crippen molar-refractivity contribution in [1.29, 1.82) is 0 Å². The summed E-state index contributed by atoms with van der Waals surface area (Å²) in [6.45, 7) is 7.39. The Kier molecular flexibility index (Phi) is 11.1. The molecule has 10 heteroatoms. The number of pyridine rings is 1. The van der Waals surface area contributed by atoms with Gasteiger partial charge in [-0.1, -0.05) is 13.8 Å². The van der Waals surface area contributed by atoms with Crippen LogP contribution >= 0.6 is 0 Å². The minimum absolute atomic E-state index is 0.0318.